The van der Waals surface area contributed by atoms with Gasteiger partial charge in [0.2, 0.25) is 0 Å². The quantitative estimate of drug-likeness (QED) is 0.611. The summed E-state index contributed by atoms with van der Waals surface area (Å²) in [7, 11) is 0. The van der Waals surface area contributed by atoms with Crippen molar-refractivity contribution in [3.63, 3.8) is 0 Å². The zero-order chi connectivity index (χ0) is 14.2. The van der Waals surface area contributed by atoms with Gasteiger partial charge in [0.1, 0.15) is 0 Å². The van der Waals surface area contributed by atoms with Gasteiger partial charge in [0.25, 0.3) is 0 Å². The molecule has 0 aromatic rings. The van der Waals surface area contributed by atoms with Crippen molar-refractivity contribution < 1.29 is 4.74 Å². The first-order chi connectivity index (χ1) is 8.93. The number of ether oxygens (including phenoxy) is 1. The fourth-order valence-electron chi connectivity index (χ4n) is 4.78. The number of hydrogen-bond donors (Lipinski definition) is 2. The van der Waals surface area contributed by atoms with E-state index in [4.69, 9.17) is 10.6 Å². The van der Waals surface area contributed by atoms with Crippen molar-refractivity contribution in [3.8, 4) is 0 Å². The standard InChI is InChI=1S/C16H32N2O/c1-9-6-10(2)8-14(7-9)16(18-17)15-11(3)12(4)19-13(15)5/h9-16,18H,6-8,17H2,1-5H3. The molecule has 2 aliphatic rings. The molecule has 1 aliphatic heterocycles. The van der Waals surface area contributed by atoms with Gasteiger partial charge in [-0.05, 0) is 56.8 Å². The Kier molecular flexibility index (Phi) is 4.91. The molecule has 0 bridgehead atoms. The van der Waals surface area contributed by atoms with E-state index in [0.717, 1.165) is 11.8 Å². The Morgan fingerprint density at radius 3 is 1.95 bits per heavy atom. The maximum Gasteiger partial charge on any atom is 0.0597 e. The smallest absolute Gasteiger partial charge is 0.0597 e. The van der Waals surface area contributed by atoms with E-state index in [1.165, 1.54) is 19.3 Å². The van der Waals surface area contributed by atoms with Crippen molar-refractivity contribution in [2.24, 2.45) is 35.4 Å². The molecule has 112 valence electrons. The topological polar surface area (TPSA) is 47.3 Å². The molecule has 3 nitrogen and oxygen atoms in total. The van der Waals surface area contributed by atoms with Gasteiger partial charge in [-0.15, -0.1) is 0 Å². The van der Waals surface area contributed by atoms with E-state index < -0.39 is 0 Å². The summed E-state index contributed by atoms with van der Waals surface area (Å²) < 4.78 is 6.02. The lowest BCUT2D eigenvalue weighted by molar-refractivity contribution is 0.0397. The second-order valence-corrected chi connectivity index (χ2v) is 7.35. The second kappa shape index (κ2) is 6.11. The van der Waals surface area contributed by atoms with Crippen LogP contribution in [0.3, 0.4) is 0 Å². The van der Waals surface area contributed by atoms with Crippen molar-refractivity contribution >= 4 is 0 Å². The summed E-state index contributed by atoms with van der Waals surface area (Å²) in [5, 5.41) is 0. The largest absolute Gasteiger partial charge is 0.375 e. The summed E-state index contributed by atoms with van der Waals surface area (Å²) in [6.45, 7) is 11.5. The van der Waals surface area contributed by atoms with E-state index in [0.29, 0.717) is 36.0 Å². The Morgan fingerprint density at radius 2 is 1.53 bits per heavy atom. The van der Waals surface area contributed by atoms with Crippen LogP contribution in [-0.4, -0.2) is 18.2 Å². The molecule has 1 heterocycles. The maximum absolute atomic E-state index is 6.02. The predicted octanol–water partition coefficient (Wildman–Crippen LogP) is 2.95. The van der Waals surface area contributed by atoms with Crippen LogP contribution in [0.2, 0.25) is 0 Å². The van der Waals surface area contributed by atoms with E-state index in [1.54, 1.807) is 0 Å². The lowest BCUT2D eigenvalue weighted by Crippen LogP contribution is -2.51. The minimum Gasteiger partial charge on any atom is -0.375 e. The Morgan fingerprint density at radius 1 is 0.947 bits per heavy atom. The van der Waals surface area contributed by atoms with Crippen LogP contribution >= 0.6 is 0 Å². The minimum atomic E-state index is 0.318. The first-order valence-electron chi connectivity index (χ1n) is 8.05. The molecule has 0 radical (unpaired) electrons. The third kappa shape index (κ3) is 3.14. The summed E-state index contributed by atoms with van der Waals surface area (Å²) in [5.41, 5.74) is 3.16. The number of hydrazine groups is 1. The molecular weight excluding hydrogens is 236 g/mol. The van der Waals surface area contributed by atoms with Crippen LogP contribution in [0.15, 0.2) is 0 Å². The monoisotopic (exact) mass is 268 g/mol. The lowest BCUT2D eigenvalue weighted by Gasteiger charge is -2.40. The molecule has 1 saturated heterocycles. The van der Waals surface area contributed by atoms with Crippen LogP contribution in [0.4, 0.5) is 0 Å². The first-order valence-corrected chi connectivity index (χ1v) is 8.05. The zero-order valence-electron chi connectivity index (χ0n) is 13.2. The van der Waals surface area contributed by atoms with E-state index in [1.807, 2.05) is 0 Å². The van der Waals surface area contributed by atoms with Crippen LogP contribution in [0.25, 0.3) is 0 Å². The number of nitrogens with two attached hydrogens (primary N) is 1. The van der Waals surface area contributed by atoms with Gasteiger partial charge in [-0.1, -0.05) is 20.8 Å². The molecule has 3 N–H and O–H groups in total. The van der Waals surface area contributed by atoms with Crippen LogP contribution < -0.4 is 11.3 Å². The zero-order valence-corrected chi connectivity index (χ0v) is 13.2. The molecule has 0 aromatic heterocycles. The summed E-state index contributed by atoms with van der Waals surface area (Å²) in [4.78, 5) is 0. The van der Waals surface area contributed by atoms with Gasteiger partial charge in [-0.25, -0.2) is 0 Å². The molecule has 0 aromatic carbocycles. The lowest BCUT2D eigenvalue weighted by atomic mass is 9.68. The Bertz CT molecular complexity index is 286. The molecule has 1 aliphatic carbocycles. The van der Waals surface area contributed by atoms with E-state index in [-0.39, 0.29) is 0 Å². The van der Waals surface area contributed by atoms with Crippen molar-refractivity contribution in [1.29, 1.82) is 0 Å². The number of hydrogen-bond acceptors (Lipinski definition) is 3. The third-order valence-electron chi connectivity index (χ3n) is 5.65. The molecule has 2 rings (SSSR count). The molecule has 7 unspecified atom stereocenters. The SMILES string of the molecule is CC1CC(C)CC(C(NN)C2C(C)OC(C)C2C)C1. The molecule has 1 saturated carbocycles. The first kappa shape index (κ1) is 15.3. The van der Waals surface area contributed by atoms with E-state index in [9.17, 15) is 0 Å². The molecule has 2 fully saturated rings. The highest BCUT2D eigenvalue weighted by Crippen LogP contribution is 2.42. The van der Waals surface area contributed by atoms with Crippen LogP contribution in [-0.2, 0) is 4.74 Å². The van der Waals surface area contributed by atoms with Crippen molar-refractivity contribution in [2.45, 2.75) is 72.1 Å². The third-order valence-corrected chi connectivity index (χ3v) is 5.65. The summed E-state index contributed by atoms with van der Waals surface area (Å²) in [6.07, 6.45) is 4.66. The normalized spacial score (nSPS) is 49.3. The van der Waals surface area contributed by atoms with Gasteiger partial charge in [-0.3, -0.25) is 11.3 Å². The van der Waals surface area contributed by atoms with Gasteiger partial charge in [0, 0.05) is 12.0 Å². The summed E-state index contributed by atoms with van der Waals surface area (Å²) in [6, 6.07) is 0.403. The van der Waals surface area contributed by atoms with Crippen LogP contribution in [0, 0.1) is 29.6 Å². The van der Waals surface area contributed by atoms with Crippen LogP contribution in [0.1, 0.15) is 53.9 Å². The molecule has 0 spiro atoms. The maximum atomic E-state index is 6.02. The Hall–Kier alpha value is -0.120. The average molecular weight is 268 g/mol. The minimum absolute atomic E-state index is 0.318. The molecular formula is C16H32N2O. The second-order valence-electron chi connectivity index (χ2n) is 7.35. The van der Waals surface area contributed by atoms with E-state index >= 15 is 0 Å². The van der Waals surface area contributed by atoms with Crippen molar-refractivity contribution in [2.75, 3.05) is 0 Å². The fourth-order valence-corrected chi connectivity index (χ4v) is 4.78. The highest BCUT2D eigenvalue weighted by molar-refractivity contribution is 4.95. The molecule has 3 heteroatoms. The number of rotatable bonds is 3. The highest BCUT2D eigenvalue weighted by Gasteiger charge is 2.45. The summed E-state index contributed by atoms with van der Waals surface area (Å²) >= 11 is 0. The van der Waals surface area contributed by atoms with Crippen molar-refractivity contribution in [3.05, 3.63) is 0 Å². The van der Waals surface area contributed by atoms with Gasteiger partial charge in [0.15, 0.2) is 0 Å². The van der Waals surface area contributed by atoms with Gasteiger partial charge in [0.05, 0.1) is 12.2 Å². The molecule has 7 atom stereocenters. The number of nitrogens with one attached hydrogen (secondary N) is 1. The Balaban J connectivity index is 2.10. The molecule has 19 heavy (non-hydrogen) atoms. The Labute approximate surface area is 118 Å². The van der Waals surface area contributed by atoms with Gasteiger partial charge in [-0.2, -0.15) is 0 Å². The van der Waals surface area contributed by atoms with E-state index in [2.05, 4.69) is 40.0 Å². The highest BCUT2D eigenvalue weighted by atomic mass is 16.5. The summed E-state index contributed by atoms with van der Waals surface area (Å²) in [5.74, 6) is 9.43. The van der Waals surface area contributed by atoms with Gasteiger partial charge >= 0.3 is 0 Å². The fraction of sp³-hybridized carbons (Fsp3) is 1.00. The van der Waals surface area contributed by atoms with Crippen molar-refractivity contribution in [1.82, 2.24) is 5.43 Å². The average Bonchev–Trinajstić information content (AvgIpc) is 2.56. The molecule has 0 amide bonds. The predicted molar refractivity (Wildman–Crippen MR) is 79.4 cm³/mol. The van der Waals surface area contributed by atoms with Gasteiger partial charge < -0.3 is 4.74 Å². The van der Waals surface area contributed by atoms with Crippen LogP contribution in [0.5, 0.6) is 0 Å².